The normalized spacial score (nSPS) is 10.1. The second-order valence-corrected chi connectivity index (χ2v) is 1.76. The van der Waals surface area contributed by atoms with E-state index in [1.807, 2.05) is 19.0 Å². The SMILES string of the molecule is CC/C=C\N(C)C. The molecule has 0 aromatic heterocycles. The maximum Gasteiger partial charge on any atom is 0.00555 e. The number of nitrogens with zero attached hydrogens (tertiary/aromatic N) is 1. The number of hydrogen-bond donors (Lipinski definition) is 0. The van der Waals surface area contributed by atoms with Crippen LogP contribution in [0, 0.1) is 0 Å². The molecule has 0 aromatic rings. The Morgan fingerprint density at radius 2 is 2.00 bits per heavy atom. The van der Waals surface area contributed by atoms with E-state index in [0.29, 0.717) is 0 Å². The van der Waals surface area contributed by atoms with E-state index in [-0.39, 0.29) is 0 Å². The van der Waals surface area contributed by atoms with Gasteiger partial charge in [0.1, 0.15) is 0 Å². The molecule has 0 unspecified atom stereocenters. The van der Waals surface area contributed by atoms with Crippen molar-refractivity contribution in [1.29, 1.82) is 0 Å². The highest BCUT2D eigenvalue weighted by atomic mass is 15.0. The van der Waals surface area contributed by atoms with Crippen molar-refractivity contribution in [1.82, 2.24) is 4.90 Å². The summed E-state index contributed by atoms with van der Waals surface area (Å²) in [6.07, 6.45) is 5.30. The molecule has 0 rings (SSSR count). The Balaban J connectivity index is 3.08. The quantitative estimate of drug-likeness (QED) is 0.506. The summed E-state index contributed by atoms with van der Waals surface area (Å²) in [6, 6.07) is 0. The van der Waals surface area contributed by atoms with Gasteiger partial charge in [0.2, 0.25) is 0 Å². The summed E-state index contributed by atoms with van der Waals surface area (Å²) in [6.45, 7) is 2.12. The van der Waals surface area contributed by atoms with E-state index in [1.165, 1.54) is 0 Å². The summed E-state index contributed by atoms with van der Waals surface area (Å²) in [5, 5.41) is 0. The van der Waals surface area contributed by atoms with Gasteiger partial charge in [0.25, 0.3) is 0 Å². The van der Waals surface area contributed by atoms with Crippen molar-refractivity contribution in [3.8, 4) is 0 Å². The first kappa shape index (κ1) is 6.54. The van der Waals surface area contributed by atoms with Crippen LogP contribution in [0.2, 0.25) is 0 Å². The van der Waals surface area contributed by atoms with Crippen molar-refractivity contribution in [3.05, 3.63) is 12.3 Å². The highest BCUT2D eigenvalue weighted by Crippen LogP contribution is 1.80. The van der Waals surface area contributed by atoms with Gasteiger partial charge in [-0.2, -0.15) is 0 Å². The van der Waals surface area contributed by atoms with E-state index in [9.17, 15) is 0 Å². The molecule has 0 amide bonds. The lowest BCUT2D eigenvalue weighted by Gasteiger charge is -2.00. The zero-order valence-electron chi connectivity index (χ0n) is 5.31. The van der Waals surface area contributed by atoms with E-state index in [2.05, 4.69) is 19.2 Å². The van der Waals surface area contributed by atoms with E-state index in [0.717, 1.165) is 6.42 Å². The molecule has 0 aromatic carbocycles. The smallest absolute Gasteiger partial charge is 0.00555 e. The Morgan fingerprint density at radius 1 is 1.43 bits per heavy atom. The van der Waals surface area contributed by atoms with Crippen molar-refractivity contribution in [3.63, 3.8) is 0 Å². The van der Waals surface area contributed by atoms with Gasteiger partial charge in [-0.3, -0.25) is 0 Å². The van der Waals surface area contributed by atoms with Crippen molar-refractivity contribution in [2.45, 2.75) is 13.3 Å². The third kappa shape index (κ3) is 5.54. The summed E-state index contributed by atoms with van der Waals surface area (Å²) in [5.74, 6) is 0. The lowest BCUT2D eigenvalue weighted by Crippen LogP contribution is -1.99. The second-order valence-electron chi connectivity index (χ2n) is 1.76. The van der Waals surface area contributed by atoms with Crippen LogP contribution in [0.1, 0.15) is 13.3 Å². The van der Waals surface area contributed by atoms with Gasteiger partial charge < -0.3 is 4.90 Å². The number of hydrogen-bond acceptors (Lipinski definition) is 1. The van der Waals surface area contributed by atoms with Crippen molar-refractivity contribution < 1.29 is 0 Å². The van der Waals surface area contributed by atoms with Crippen molar-refractivity contribution in [2.75, 3.05) is 14.1 Å². The van der Waals surface area contributed by atoms with Gasteiger partial charge in [0.05, 0.1) is 0 Å². The van der Waals surface area contributed by atoms with Crippen LogP contribution in [0.5, 0.6) is 0 Å². The van der Waals surface area contributed by atoms with Gasteiger partial charge in [0.15, 0.2) is 0 Å². The van der Waals surface area contributed by atoms with E-state index in [4.69, 9.17) is 0 Å². The summed E-state index contributed by atoms with van der Waals surface area (Å²) >= 11 is 0. The van der Waals surface area contributed by atoms with E-state index in [1.54, 1.807) is 0 Å². The molecule has 0 bridgehead atoms. The third-order valence-electron chi connectivity index (χ3n) is 0.639. The average molecular weight is 99.2 g/mol. The van der Waals surface area contributed by atoms with Crippen molar-refractivity contribution in [2.24, 2.45) is 0 Å². The van der Waals surface area contributed by atoms with Gasteiger partial charge in [-0.25, -0.2) is 0 Å². The van der Waals surface area contributed by atoms with E-state index < -0.39 is 0 Å². The van der Waals surface area contributed by atoms with Crippen LogP contribution in [0.15, 0.2) is 12.3 Å². The molecule has 0 aliphatic heterocycles. The summed E-state index contributed by atoms with van der Waals surface area (Å²) < 4.78 is 0. The first-order valence-electron chi connectivity index (χ1n) is 2.60. The molecule has 1 heteroatoms. The van der Waals surface area contributed by atoms with Gasteiger partial charge in [-0.1, -0.05) is 13.0 Å². The van der Waals surface area contributed by atoms with Gasteiger partial charge in [0, 0.05) is 14.1 Å². The predicted molar refractivity (Wildman–Crippen MR) is 33.1 cm³/mol. The fourth-order valence-electron chi connectivity index (χ4n) is 0.316. The maximum atomic E-state index is 2.12. The minimum absolute atomic E-state index is 1.12. The molecular weight excluding hydrogens is 86.1 g/mol. The van der Waals surface area contributed by atoms with Crippen LogP contribution in [-0.4, -0.2) is 19.0 Å². The molecular formula is C6H13N. The third-order valence-corrected chi connectivity index (χ3v) is 0.639. The molecule has 1 nitrogen and oxygen atoms in total. The lowest BCUT2D eigenvalue weighted by molar-refractivity contribution is 0.561. The maximum absolute atomic E-state index is 2.12. The van der Waals surface area contributed by atoms with Crippen molar-refractivity contribution >= 4 is 0 Å². The molecule has 42 valence electrons. The Bertz CT molecular complexity index is 55.2. The highest BCUT2D eigenvalue weighted by Gasteiger charge is 1.69. The molecule has 0 saturated heterocycles. The largest absolute Gasteiger partial charge is 0.384 e. The first-order valence-corrected chi connectivity index (χ1v) is 2.60. The van der Waals surface area contributed by atoms with E-state index >= 15 is 0 Å². The first-order chi connectivity index (χ1) is 3.27. The zero-order valence-corrected chi connectivity index (χ0v) is 5.31. The number of rotatable bonds is 2. The molecule has 0 saturated carbocycles. The van der Waals surface area contributed by atoms with Crippen LogP contribution >= 0.6 is 0 Å². The average Bonchev–Trinajstić information content (AvgIpc) is 1.61. The molecule has 0 atom stereocenters. The molecule has 0 spiro atoms. The molecule has 0 fully saturated rings. The Labute approximate surface area is 45.6 Å². The lowest BCUT2D eigenvalue weighted by atomic mass is 10.5. The Morgan fingerprint density at radius 3 is 2.14 bits per heavy atom. The highest BCUT2D eigenvalue weighted by molar-refractivity contribution is 4.76. The van der Waals surface area contributed by atoms with Crippen LogP contribution in [0.4, 0.5) is 0 Å². The second kappa shape index (κ2) is 3.72. The fraction of sp³-hybridized carbons (Fsp3) is 0.667. The minimum Gasteiger partial charge on any atom is -0.384 e. The molecule has 0 heterocycles. The topological polar surface area (TPSA) is 3.24 Å². The molecule has 7 heavy (non-hydrogen) atoms. The van der Waals surface area contributed by atoms with Gasteiger partial charge in [-0.15, -0.1) is 0 Å². The van der Waals surface area contributed by atoms with Crippen LogP contribution in [0.25, 0.3) is 0 Å². The summed E-state index contributed by atoms with van der Waals surface area (Å²) in [4.78, 5) is 2.03. The zero-order chi connectivity index (χ0) is 5.70. The fourth-order valence-corrected chi connectivity index (χ4v) is 0.316. The summed E-state index contributed by atoms with van der Waals surface area (Å²) in [7, 11) is 4.04. The predicted octanol–water partition coefficient (Wildman–Crippen LogP) is 1.47. The summed E-state index contributed by atoms with van der Waals surface area (Å²) in [5.41, 5.74) is 0. The Kier molecular flexibility index (Phi) is 3.48. The van der Waals surface area contributed by atoms with Crippen LogP contribution < -0.4 is 0 Å². The van der Waals surface area contributed by atoms with Crippen LogP contribution in [-0.2, 0) is 0 Å². The standard InChI is InChI=1S/C6H13N/c1-4-5-6-7(2)3/h5-6H,4H2,1-3H3/b6-5-. The van der Waals surface area contributed by atoms with Gasteiger partial charge >= 0.3 is 0 Å². The van der Waals surface area contributed by atoms with Crippen LogP contribution in [0.3, 0.4) is 0 Å². The molecule has 0 radical (unpaired) electrons. The number of allylic oxidation sites excluding steroid dienone is 1. The Hall–Kier alpha value is -0.460. The monoisotopic (exact) mass is 99.1 g/mol. The van der Waals surface area contributed by atoms with Gasteiger partial charge in [-0.05, 0) is 12.6 Å². The molecule has 0 aliphatic carbocycles. The molecule has 0 N–H and O–H groups in total. The minimum atomic E-state index is 1.12. The molecule has 0 aliphatic rings.